The Morgan fingerprint density at radius 1 is 1.15 bits per heavy atom. The van der Waals surface area contributed by atoms with Crippen molar-refractivity contribution in [1.29, 1.82) is 0 Å². The van der Waals surface area contributed by atoms with Crippen molar-refractivity contribution in [3.05, 3.63) is 62.3 Å². The van der Waals surface area contributed by atoms with Crippen LogP contribution in [0.15, 0.2) is 23.0 Å². The molecule has 184 valence electrons. The van der Waals surface area contributed by atoms with Gasteiger partial charge in [0, 0.05) is 51.0 Å². The Kier molecular flexibility index (Phi) is 7.77. The highest BCUT2D eigenvalue weighted by Crippen LogP contribution is 2.20. The second-order valence-corrected chi connectivity index (χ2v) is 9.34. The first-order valence-electron chi connectivity index (χ1n) is 11.5. The van der Waals surface area contributed by atoms with Gasteiger partial charge >= 0.3 is 0 Å². The Bertz CT molecular complexity index is 1140. The first-order chi connectivity index (χ1) is 15.7. The molecule has 2 aliphatic rings. The number of nitrogens with two attached hydrogens (primary N) is 1. The molecule has 0 aliphatic carbocycles. The molecule has 0 saturated carbocycles. The van der Waals surface area contributed by atoms with Crippen molar-refractivity contribution in [1.82, 2.24) is 20.0 Å². The molecule has 0 radical (unpaired) electrons. The third-order valence-electron chi connectivity index (χ3n) is 7.10. The van der Waals surface area contributed by atoms with Crippen LogP contribution in [0.2, 0.25) is 0 Å². The van der Waals surface area contributed by atoms with Gasteiger partial charge in [0.05, 0.1) is 17.8 Å². The van der Waals surface area contributed by atoms with E-state index in [-0.39, 0.29) is 35.3 Å². The molecule has 1 atom stereocenters. The van der Waals surface area contributed by atoms with E-state index in [0.29, 0.717) is 43.9 Å². The zero-order chi connectivity index (χ0) is 23.8. The number of carbonyl (C=O) groups is 2. The molecule has 2 saturated heterocycles. The topological polar surface area (TPSA) is 103 Å². The van der Waals surface area contributed by atoms with Crippen LogP contribution in [0.3, 0.4) is 0 Å². The number of benzene rings is 1. The van der Waals surface area contributed by atoms with E-state index in [4.69, 9.17) is 0 Å². The summed E-state index contributed by atoms with van der Waals surface area (Å²) < 4.78 is 14.6. The highest BCUT2D eigenvalue weighted by Gasteiger charge is 2.44. The van der Waals surface area contributed by atoms with Crippen LogP contribution < -0.4 is 23.3 Å². The maximum absolute atomic E-state index is 14.6. The molecule has 4 rings (SSSR count). The summed E-state index contributed by atoms with van der Waals surface area (Å²) in [5, 5.41) is 8.70. The average molecular weight is 492 g/mol. The minimum atomic E-state index is -0.572. The molecular formula is C24H31ClFN5O3. The number of quaternary nitrogens is 1. The third-order valence-corrected chi connectivity index (χ3v) is 7.10. The van der Waals surface area contributed by atoms with Gasteiger partial charge in [-0.25, -0.2) is 9.49 Å². The van der Waals surface area contributed by atoms with Crippen molar-refractivity contribution in [3.8, 4) is 0 Å². The fraction of sp³-hybridized carbons (Fsp3) is 0.500. The van der Waals surface area contributed by atoms with E-state index in [9.17, 15) is 18.8 Å². The van der Waals surface area contributed by atoms with Crippen molar-refractivity contribution < 1.29 is 31.7 Å². The number of amides is 2. The van der Waals surface area contributed by atoms with Crippen molar-refractivity contribution >= 4 is 11.8 Å². The molecule has 0 spiro atoms. The number of piperazine rings is 1. The van der Waals surface area contributed by atoms with Crippen molar-refractivity contribution in [3.63, 3.8) is 0 Å². The van der Waals surface area contributed by atoms with Gasteiger partial charge in [-0.1, -0.05) is 6.07 Å². The van der Waals surface area contributed by atoms with Gasteiger partial charge in [-0.2, -0.15) is 5.10 Å². The molecule has 3 N–H and O–H groups in total. The van der Waals surface area contributed by atoms with Crippen LogP contribution in [0.5, 0.6) is 0 Å². The molecule has 2 amide bonds. The van der Waals surface area contributed by atoms with Crippen molar-refractivity contribution in [2.45, 2.75) is 45.6 Å². The molecule has 34 heavy (non-hydrogen) atoms. The Morgan fingerprint density at radius 3 is 2.47 bits per heavy atom. The highest BCUT2D eigenvalue weighted by atomic mass is 35.5. The Labute approximate surface area is 204 Å². The fourth-order valence-corrected chi connectivity index (χ4v) is 4.71. The standard InChI is InChI=1S/C24H30FN5O3.ClH/c1-15-16(2)21(31)28-27-20(15)14-17-5-6-19(25)18(13-17)22(32)29-9-11-30(12-10-29)23(33)24(3)7-4-8-26-24;/h5-6,13,26H,4,7-12,14H2,1-3H3,(H,28,31);1H. The third kappa shape index (κ3) is 5.00. The number of nitrogens with zero attached hydrogens (tertiary/aromatic N) is 3. The Morgan fingerprint density at radius 2 is 1.82 bits per heavy atom. The molecule has 1 aromatic carbocycles. The smallest absolute Gasteiger partial charge is 0.283 e. The largest absolute Gasteiger partial charge is 1.00 e. The number of rotatable bonds is 4. The number of aromatic nitrogens is 2. The summed E-state index contributed by atoms with van der Waals surface area (Å²) in [6.07, 6.45) is 2.28. The van der Waals surface area contributed by atoms with Crippen LogP contribution in [0.4, 0.5) is 4.39 Å². The van der Waals surface area contributed by atoms with Crippen LogP contribution in [0, 0.1) is 19.7 Å². The molecule has 2 fully saturated rings. The summed E-state index contributed by atoms with van der Waals surface area (Å²) in [6, 6.07) is 4.49. The molecule has 2 aromatic rings. The van der Waals surface area contributed by atoms with E-state index < -0.39 is 11.4 Å². The maximum atomic E-state index is 14.6. The average Bonchev–Trinajstić information content (AvgIpc) is 3.27. The van der Waals surface area contributed by atoms with Gasteiger partial charge in [0.2, 0.25) is 0 Å². The minimum Gasteiger partial charge on any atom is -1.00 e. The summed E-state index contributed by atoms with van der Waals surface area (Å²) >= 11 is 0. The number of H-pyrrole nitrogens is 1. The predicted octanol–water partition coefficient (Wildman–Crippen LogP) is -2.48. The van der Waals surface area contributed by atoms with Gasteiger partial charge in [0.25, 0.3) is 17.4 Å². The van der Waals surface area contributed by atoms with Gasteiger partial charge in [-0.05, 0) is 44.0 Å². The van der Waals surface area contributed by atoms with E-state index in [0.717, 1.165) is 30.5 Å². The lowest BCUT2D eigenvalue weighted by Crippen LogP contribution is -3.00. The number of aromatic amines is 1. The van der Waals surface area contributed by atoms with E-state index in [1.807, 2.05) is 18.7 Å². The fourth-order valence-electron chi connectivity index (χ4n) is 4.71. The zero-order valence-electron chi connectivity index (χ0n) is 19.8. The van der Waals surface area contributed by atoms with Crippen LogP contribution in [0.1, 0.15) is 52.5 Å². The second kappa shape index (κ2) is 10.2. The molecule has 2 aliphatic heterocycles. The van der Waals surface area contributed by atoms with E-state index in [2.05, 4.69) is 15.5 Å². The SMILES string of the molecule is Cc1c(Cc2ccc(F)c(C(=O)N3CCN(C(=O)C4(C)CCC[NH2+]4)CC3)c2)n[nH]c(=O)c1C.[Cl-]. The lowest BCUT2D eigenvalue weighted by Gasteiger charge is -2.37. The van der Waals surface area contributed by atoms with Crippen molar-refractivity contribution in [2.75, 3.05) is 32.7 Å². The van der Waals surface area contributed by atoms with Crippen LogP contribution in [-0.2, 0) is 11.2 Å². The molecule has 0 bridgehead atoms. The van der Waals surface area contributed by atoms with E-state index >= 15 is 0 Å². The Hall–Kier alpha value is -2.78. The number of carbonyl (C=O) groups excluding carboxylic acids is 2. The van der Waals surface area contributed by atoms with Gasteiger partial charge in [0.1, 0.15) is 5.82 Å². The molecule has 1 unspecified atom stereocenters. The van der Waals surface area contributed by atoms with E-state index in [1.165, 1.54) is 6.07 Å². The summed E-state index contributed by atoms with van der Waals surface area (Å²) in [5.74, 6) is -0.820. The number of halogens is 2. The Balaban J connectivity index is 0.00000324. The summed E-state index contributed by atoms with van der Waals surface area (Å²) in [6.45, 7) is 8.17. The van der Waals surface area contributed by atoms with Crippen LogP contribution in [-0.4, -0.2) is 70.1 Å². The predicted molar refractivity (Wildman–Crippen MR) is 120 cm³/mol. The summed E-state index contributed by atoms with van der Waals surface area (Å²) in [7, 11) is 0. The molecule has 10 heteroatoms. The number of hydrogen-bond donors (Lipinski definition) is 2. The molecule has 1 aromatic heterocycles. The van der Waals surface area contributed by atoms with Crippen LogP contribution >= 0.6 is 0 Å². The number of nitrogens with one attached hydrogen (secondary N) is 1. The van der Waals surface area contributed by atoms with Gasteiger partial charge in [0.15, 0.2) is 5.54 Å². The summed E-state index contributed by atoms with van der Waals surface area (Å²) in [4.78, 5) is 41.2. The maximum Gasteiger partial charge on any atom is 0.283 e. The lowest BCUT2D eigenvalue weighted by molar-refractivity contribution is -0.690. The van der Waals surface area contributed by atoms with E-state index in [1.54, 1.807) is 24.0 Å². The van der Waals surface area contributed by atoms with Gasteiger partial charge in [-0.15, -0.1) is 0 Å². The first-order valence-corrected chi connectivity index (χ1v) is 11.5. The quantitative estimate of drug-likeness (QED) is 0.494. The first kappa shape index (κ1) is 25.8. The molecule has 8 nitrogen and oxygen atoms in total. The highest BCUT2D eigenvalue weighted by molar-refractivity contribution is 5.95. The summed E-state index contributed by atoms with van der Waals surface area (Å²) in [5.41, 5.74) is 2.17. The molecule has 3 heterocycles. The minimum absolute atomic E-state index is 0. The lowest BCUT2D eigenvalue weighted by atomic mass is 9.98. The monoisotopic (exact) mass is 491 g/mol. The normalized spacial score (nSPS) is 20.2. The second-order valence-electron chi connectivity index (χ2n) is 9.34. The molecular weight excluding hydrogens is 461 g/mol. The zero-order valence-corrected chi connectivity index (χ0v) is 20.5. The number of hydrogen-bond acceptors (Lipinski definition) is 4. The van der Waals surface area contributed by atoms with Crippen molar-refractivity contribution in [2.24, 2.45) is 0 Å². The van der Waals surface area contributed by atoms with Crippen LogP contribution in [0.25, 0.3) is 0 Å². The van der Waals surface area contributed by atoms with Gasteiger partial charge < -0.3 is 27.5 Å². The van der Waals surface area contributed by atoms with Gasteiger partial charge in [-0.3, -0.25) is 14.4 Å².